The highest BCUT2D eigenvalue weighted by molar-refractivity contribution is 6.12. The van der Waals surface area contributed by atoms with E-state index >= 15 is 0 Å². The zero-order valence-electron chi connectivity index (χ0n) is 33.2. The summed E-state index contributed by atoms with van der Waals surface area (Å²) in [5, 5.41) is 21.8. The Hall–Kier alpha value is -8.66. The second kappa shape index (κ2) is 15.7. The van der Waals surface area contributed by atoms with Crippen LogP contribution in [0.15, 0.2) is 188 Å². The maximum Gasteiger partial charge on any atom is 0.417 e. The lowest BCUT2D eigenvalue weighted by atomic mass is 9.94. The monoisotopic (exact) mass is 820 g/mol. The third-order valence-corrected chi connectivity index (χ3v) is 11.2. The van der Waals surface area contributed by atoms with E-state index < -0.39 is 11.7 Å². The van der Waals surface area contributed by atoms with Gasteiger partial charge in [-0.05, 0) is 88.0 Å². The molecule has 8 aromatic carbocycles. The smallest absolute Gasteiger partial charge is 0.309 e. The average molecular weight is 821 g/mol. The van der Waals surface area contributed by atoms with Crippen molar-refractivity contribution in [3.63, 3.8) is 0 Å². The zero-order chi connectivity index (χ0) is 43.1. The van der Waals surface area contributed by atoms with Crippen LogP contribution in [-0.2, 0) is 6.18 Å². The summed E-state index contributed by atoms with van der Waals surface area (Å²) in [5.41, 5.74) is 7.89. The molecule has 0 bridgehead atoms. The summed E-state index contributed by atoms with van der Waals surface area (Å²) >= 11 is 0. The molecule has 0 saturated carbocycles. The molecule has 0 N–H and O–H groups in total. The van der Waals surface area contributed by atoms with Gasteiger partial charge in [-0.2, -0.15) is 23.7 Å². The van der Waals surface area contributed by atoms with Gasteiger partial charge in [0.05, 0.1) is 39.9 Å². The molecule has 0 amide bonds. The van der Waals surface area contributed by atoms with Crippen LogP contribution in [0.3, 0.4) is 0 Å². The third-order valence-electron chi connectivity index (χ3n) is 11.2. The number of rotatable bonds is 7. The van der Waals surface area contributed by atoms with Gasteiger partial charge in [-0.1, -0.05) is 133 Å². The molecule has 0 aliphatic carbocycles. The van der Waals surface area contributed by atoms with E-state index in [1.807, 2.05) is 133 Å². The molecule has 298 valence electrons. The van der Waals surface area contributed by atoms with Crippen LogP contribution < -0.4 is 0 Å². The van der Waals surface area contributed by atoms with Gasteiger partial charge < -0.3 is 4.57 Å². The highest BCUT2D eigenvalue weighted by Crippen LogP contribution is 2.43. The van der Waals surface area contributed by atoms with Crippen molar-refractivity contribution in [2.24, 2.45) is 0 Å². The van der Waals surface area contributed by atoms with Gasteiger partial charge in [-0.25, -0.2) is 15.0 Å². The number of alkyl halides is 3. The molecule has 9 heteroatoms. The molecule has 0 fully saturated rings. The molecule has 2 heterocycles. The summed E-state index contributed by atoms with van der Waals surface area (Å²) < 4.78 is 46.5. The van der Waals surface area contributed by atoms with Crippen molar-refractivity contribution in [2.75, 3.05) is 0 Å². The third kappa shape index (κ3) is 7.04. The lowest BCUT2D eigenvalue weighted by Crippen LogP contribution is -2.08. The Balaban J connectivity index is 1.27. The van der Waals surface area contributed by atoms with Crippen LogP contribution >= 0.6 is 0 Å². The first kappa shape index (κ1) is 38.5. The topological polar surface area (TPSA) is 91.2 Å². The second-order valence-electron chi connectivity index (χ2n) is 14.9. The van der Waals surface area contributed by atoms with Crippen molar-refractivity contribution >= 4 is 21.8 Å². The molecule has 0 saturated heterocycles. The fourth-order valence-electron chi connectivity index (χ4n) is 8.29. The summed E-state index contributed by atoms with van der Waals surface area (Å²) in [6.07, 6.45) is -4.65. The van der Waals surface area contributed by atoms with Crippen LogP contribution in [-0.4, -0.2) is 19.5 Å². The van der Waals surface area contributed by atoms with Gasteiger partial charge in [0.15, 0.2) is 17.5 Å². The van der Waals surface area contributed by atoms with Gasteiger partial charge in [0.2, 0.25) is 0 Å². The molecule has 0 unspecified atom stereocenters. The Morgan fingerprint density at radius 1 is 0.397 bits per heavy atom. The fourth-order valence-corrected chi connectivity index (χ4v) is 8.29. The summed E-state index contributed by atoms with van der Waals surface area (Å²) in [5.74, 6) is 0.933. The normalized spacial score (nSPS) is 11.4. The first-order valence-electron chi connectivity index (χ1n) is 20.0. The van der Waals surface area contributed by atoms with Crippen molar-refractivity contribution in [1.29, 1.82) is 10.5 Å². The predicted octanol–water partition coefficient (Wildman–Crippen LogP) is 13.7. The number of hydrogen-bond donors (Lipinski definition) is 0. The van der Waals surface area contributed by atoms with E-state index in [9.17, 15) is 23.7 Å². The highest BCUT2D eigenvalue weighted by Gasteiger charge is 2.34. The Kier molecular flexibility index (Phi) is 9.63. The van der Waals surface area contributed by atoms with E-state index in [2.05, 4.69) is 28.8 Å². The number of nitriles is 2. The molecular formula is C54H31F3N6. The highest BCUT2D eigenvalue weighted by atomic mass is 19.4. The van der Waals surface area contributed by atoms with Crippen LogP contribution in [0, 0.1) is 22.7 Å². The van der Waals surface area contributed by atoms with Crippen LogP contribution in [0.4, 0.5) is 13.2 Å². The number of halogens is 3. The molecule has 6 nitrogen and oxygen atoms in total. The first-order chi connectivity index (χ1) is 30.8. The quantitative estimate of drug-likeness (QED) is 0.160. The molecule has 0 atom stereocenters. The molecule has 0 aliphatic heterocycles. The van der Waals surface area contributed by atoms with E-state index in [4.69, 9.17) is 15.0 Å². The maximum absolute atomic E-state index is 14.8. The molecule has 0 aliphatic rings. The number of aromatic nitrogens is 4. The zero-order valence-corrected chi connectivity index (χ0v) is 33.2. The standard InChI is InChI=1S/C54H31F3N6/c55-54(56,57)48-22-12-11-21-44(48)43-26-25-40(31-47(43)53-61-51(34-13-3-1-4-14-34)60-52(62-53)35-15-5-2-6-16-35)63-49-27-23-36(41-19-9-7-17-38(41)32-58)29-45(49)46-30-37(24-28-50(46)63)42-20-10-8-18-39(42)33-59/h1-31H. The number of hydrogen-bond acceptors (Lipinski definition) is 5. The molecule has 10 rings (SSSR count). The maximum atomic E-state index is 14.8. The minimum atomic E-state index is -4.65. The van der Waals surface area contributed by atoms with Crippen molar-refractivity contribution < 1.29 is 13.2 Å². The number of benzene rings is 8. The Labute approximate surface area is 360 Å². The molecule has 0 radical (unpaired) electrons. The van der Waals surface area contributed by atoms with Crippen molar-refractivity contribution in [3.8, 4) is 85.4 Å². The van der Waals surface area contributed by atoms with Gasteiger partial charge in [-0.15, -0.1) is 0 Å². The predicted molar refractivity (Wildman–Crippen MR) is 241 cm³/mol. The van der Waals surface area contributed by atoms with E-state index in [0.29, 0.717) is 39.6 Å². The molecule has 63 heavy (non-hydrogen) atoms. The van der Waals surface area contributed by atoms with Gasteiger partial charge in [0.25, 0.3) is 0 Å². The second-order valence-corrected chi connectivity index (χ2v) is 14.9. The first-order valence-corrected chi connectivity index (χ1v) is 20.0. The molecular weight excluding hydrogens is 790 g/mol. The molecule has 0 spiro atoms. The average Bonchev–Trinajstić information content (AvgIpc) is 3.66. The molecule has 10 aromatic rings. The summed E-state index contributed by atoms with van der Waals surface area (Å²) in [7, 11) is 0. The van der Waals surface area contributed by atoms with Gasteiger partial charge in [0, 0.05) is 33.2 Å². The van der Waals surface area contributed by atoms with E-state index in [1.165, 1.54) is 12.1 Å². The van der Waals surface area contributed by atoms with Crippen LogP contribution in [0.5, 0.6) is 0 Å². The summed E-state index contributed by atoms with van der Waals surface area (Å²) in [6, 6.07) is 61.3. The van der Waals surface area contributed by atoms with Crippen molar-refractivity contribution in [3.05, 3.63) is 205 Å². The van der Waals surface area contributed by atoms with Gasteiger partial charge >= 0.3 is 6.18 Å². The molecule has 2 aromatic heterocycles. The number of fused-ring (bicyclic) bond motifs is 3. The van der Waals surface area contributed by atoms with Crippen molar-refractivity contribution in [1.82, 2.24) is 19.5 Å². The van der Waals surface area contributed by atoms with Crippen LogP contribution in [0.1, 0.15) is 16.7 Å². The van der Waals surface area contributed by atoms with Gasteiger partial charge in [-0.3, -0.25) is 0 Å². The minimum absolute atomic E-state index is 0.0155. The van der Waals surface area contributed by atoms with E-state index in [-0.39, 0.29) is 11.4 Å². The SMILES string of the molecule is N#Cc1ccccc1-c1ccc2c(c1)c1cc(-c3ccccc3C#N)ccc1n2-c1ccc(-c2ccccc2C(F)(F)F)c(-c2nc(-c3ccccc3)nc(-c3ccccc3)n2)c1. The van der Waals surface area contributed by atoms with E-state index in [1.54, 1.807) is 24.3 Å². The summed E-state index contributed by atoms with van der Waals surface area (Å²) in [4.78, 5) is 14.8. The lowest BCUT2D eigenvalue weighted by molar-refractivity contribution is -0.137. The van der Waals surface area contributed by atoms with E-state index in [0.717, 1.165) is 61.3 Å². The van der Waals surface area contributed by atoms with Crippen LogP contribution in [0.2, 0.25) is 0 Å². The fraction of sp³-hybridized carbons (Fsp3) is 0.0185. The minimum Gasteiger partial charge on any atom is -0.309 e. The Bertz CT molecular complexity index is 3300. The lowest BCUT2D eigenvalue weighted by Gasteiger charge is -2.18. The number of nitrogens with zero attached hydrogens (tertiary/aromatic N) is 6. The summed E-state index contributed by atoms with van der Waals surface area (Å²) in [6.45, 7) is 0. The van der Waals surface area contributed by atoms with Crippen LogP contribution in [0.25, 0.3) is 95.0 Å². The Morgan fingerprint density at radius 2 is 0.857 bits per heavy atom. The van der Waals surface area contributed by atoms with Crippen molar-refractivity contribution in [2.45, 2.75) is 6.18 Å². The Morgan fingerprint density at radius 3 is 1.37 bits per heavy atom. The largest absolute Gasteiger partial charge is 0.417 e. The van der Waals surface area contributed by atoms with Gasteiger partial charge in [0.1, 0.15) is 0 Å².